The molecule has 2 rings (SSSR count). The molecule has 0 fully saturated rings. The third-order valence-electron chi connectivity index (χ3n) is 3.07. The first-order valence-corrected chi connectivity index (χ1v) is 8.51. The molecule has 0 saturated carbocycles. The maximum atomic E-state index is 5.41. The van der Waals surface area contributed by atoms with E-state index in [4.69, 9.17) is 4.84 Å². The van der Waals surface area contributed by atoms with Gasteiger partial charge in [0.05, 0.1) is 11.5 Å². The molecule has 1 aromatic heterocycles. The second kappa shape index (κ2) is 15.1. The van der Waals surface area contributed by atoms with Crippen LogP contribution in [0.1, 0.15) is 33.5 Å². The number of hydrogen-bond donors (Lipinski definition) is 0. The maximum absolute atomic E-state index is 5.41. The number of hydrogen-bond acceptors (Lipinski definition) is 6. The van der Waals surface area contributed by atoms with Crippen molar-refractivity contribution in [3.63, 3.8) is 0 Å². The minimum atomic E-state index is 0. The van der Waals surface area contributed by atoms with Gasteiger partial charge >= 0.3 is 0 Å². The maximum Gasteiger partial charge on any atom is 0.159 e. The van der Waals surface area contributed by atoms with E-state index < -0.39 is 0 Å². The molecular weight excluding hydrogens is 417 g/mol. The van der Waals surface area contributed by atoms with Crippen molar-refractivity contribution in [2.45, 2.75) is 27.7 Å². The molecule has 0 bridgehead atoms. The average Bonchev–Trinajstić information content (AvgIpc) is 3.12. The topological polar surface area (TPSA) is 86.7 Å². The molecule has 1 atom stereocenters. The van der Waals surface area contributed by atoms with Gasteiger partial charge < -0.3 is 9.94 Å². The van der Waals surface area contributed by atoms with Gasteiger partial charge in [-0.25, -0.2) is 0 Å². The summed E-state index contributed by atoms with van der Waals surface area (Å²) in [6.45, 7) is 11.9. The van der Waals surface area contributed by atoms with Crippen LogP contribution < -0.4 is 5.10 Å². The van der Waals surface area contributed by atoms with Crippen LogP contribution in [0.2, 0.25) is 0 Å². The van der Waals surface area contributed by atoms with Crippen LogP contribution in [0.5, 0.6) is 0 Å². The molecule has 1 heterocycles. The van der Waals surface area contributed by atoms with Crippen molar-refractivity contribution in [3.05, 3.63) is 66.7 Å². The Morgan fingerprint density at radius 1 is 1.37 bits per heavy atom. The van der Waals surface area contributed by atoms with Crippen LogP contribution in [0, 0.1) is 5.92 Å². The summed E-state index contributed by atoms with van der Waals surface area (Å²) in [5, 5.41) is 18.9. The molecule has 0 N–H and O–H groups in total. The second-order valence-electron chi connectivity index (χ2n) is 4.95. The van der Waals surface area contributed by atoms with Crippen LogP contribution in [0.3, 0.4) is 0 Å². The van der Waals surface area contributed by atoms with Gasteiger partial charge in [0.25, 0.3) is 0 Å². The fourth-order valence-electron chi connectivity index (χ4n) is 1.81. The van der Waals surface area contributed by atoms with E-state index in [1.807, 2.05) is 45.1 Å². The number of tetrazole rings is 1. The molecule has 27 heavy (non-hydrogen) atoms. The van der Waals surface area contributed by atoms with Gasteiger partial charge in [0.2, 0.25) is 0 Å². The van der Waals surface area contributed by atoms with Crippen molar-refractivity contribution < 1.29 is 37.5 Å². The van der Waals surface area contributed by atoms with Crippen molar-refractivity contribution in [1.82, 2.24) is 20.6 Å². The molecule has 1 aliphatic rings. The van der Waals surface area contributed by atoms with Crippen molar-refractivity contribution >= 4 is 11.4 Å². The molecule has 0 saturated heterocycles. The quantitative estimate of drug-likeness (QED) is 0.477. The Balaban J connectivity index is 0.00000218. The summed E-state index contributed by atoms with van der Waals surface area (Å²) >= 11 is 0. The van der Waals surface area contributed by atoms with Gasteiger partial charge in [-0.15, -0.1) is 0 Å². The molecule has 8 heteroatoms. The molecule has 1 aliphatic carbocycles. The SMILES string of the molecule is C=CC(CON=C(C1=CC=CC(C)C=C1)c1nnn[n-]1)=N/C=C\C.CC.[Y]. The van der Waals surface area contributed by atoms with Crippen LogP contribution >= 0.6 is 0 Å². The van der Waals surface area contributed by atoms with E-state index in [-0.39, 0.29) is 39.3 Å². The van der Waals surface area contributed by atoms with E-state index in [9.17, 15) is 0 Å². The number of aromatic nitrogens is 4. The first kappa shape index (κ1) is 25.0. The molecule has 0 aromatic carbocycles. The zero-order valence-electron chi connectivity index (χ0n) is 16.3. The summed E-state index contributed by atoms with van der Waals surface area (Å²) in [5.41, 5.74) is 1.94. The largest absolute Gasteiger partial charge is 0.389 e. The number of aliphatic imine (C=N–C) groups is 1. The molecule has 1 radical (unpaired) electrons. The molecule has 7 nitrogen and oxygen atoms in total. The van der Waals surface area contributed by atoms with E-state index in [0.29, 0.717) is 23.2 Å². The fourth-order valence-corrected chi connectivity index (χ4v) is 1.81. The van der Waals surface area contributed by atoms with Crippen LogP contribution in [0.4, 0.5) is 0 Å². The Morgan fingerprint density at radius 3 is 2.78 bits per heavy atom. The van der Waals surface area contributed by atoms with Crippen molar-refractivity contribution in [3.8, 4) is 0 Å². The van der Waals surface area contributed by atoms with E-state index >= 15 is 0 Å². The Hall–Kier alpha value is -1.99. The first-order valence-electron chi connectivity index (χ1n) is 8.51. The molecule has 1 unspecified atom stereocenters. The fraction of sp³-hybridized carbons (Fsp3) is 0.316. The van der Waals surface area contributed by atoms with Gasteiger partial charge in [-0.1, -0.05) is 69.0 Å². The number of allylic oxidation sites excluding steroid dienone is 7. The first-order chi connectivity index (χ1) is 12.7. The monoisotopic (exact) mass is 442 g/mol. The summed E-state index contributed by atoms with van der Waals surface area (Å²) in [4.78, 5) is 9.59. The predicted octanol–water partition coefficient (Wildman–Crippen LogP) is 3.42. The summed E-state index contributed by atoms with van der Waals surface area (Å²) < 4.78 is 0. The van der Waals surface area contributed by atoms with Gasteiger partial charge in [0.15, 0.2) is 6.61 Å². The molecule has 141 valence electrons. The Bertz CT molecular complexity index is 729. The Morgan fingerprint density at radius 2 is 2.15 bits per heavy atom. The predicted molar refractivity (Wildman–Crippen MR) is 105 cm³/mol. The van der Waals surface area contributed by atoms with E-state index in [0.717, 1.165) is 5.57 Å². The minimum Gasteiger partial charge on any atom is -0.389 e. The Labute approximate surface area is 186 Å². The molecule has 0 aliphatic heterocycles. The number of rotatable bonds is 7. The van der Waals surface area contributed by atoms with Gasteiger partial charge in [-0.2, -0.15) is 5.21 Å². The van der Waals surface area contributed by atoms with Crippen LogP contribution in [-0.2, 0) is 37.5 Å². The van der Waals surface area contributed by atoms with Gasteiger partial charge in [-0.05, 0) is 18.9 Å². The number of oxime groups is 1. The van der Waals surface area contributed by atoms with E-state index in [2.05, 4.69) is 56.4 Å². The van der Waals surface area contributed by atoms with Crippen molar-refractivity contribution in [1.29, 1.82) is 0 Å². The van der Waals surface area contributed by atoms with Crippen molar-refractivity contribution in [2.75, 3.05) is 6.61 Å². The third-order valence-corrected chi connectivity index (χ3v) is 3.07. The zero-order chi connectivity index (χ0) is 19.2. The minimum absolute atomic E-state index is 0. The summed E-state index contributed by atoms with van der Waals surface area (Å²) in [7, 11) is 0. The molecule has 0 amide bonds. The second-order valence-corrected chi connectivity index (χ2v) is 4.95. The van der Waals surface area contributed by atoms with E-state index in [1.165, 1.54) is 0 Å². The smallest absolute Gasteiger partial charge is 0.159 e. The number of nitrogens with zero attached hydrogens (tertiary/aromatic N) is 6. The van der Waals surface area contributed by atoms with Crippen LogP contribution in [0.25, 0.3) is 0 Å². The molecule has 0 spiro atoms. The van der Waals surface area contributed by atoms with Gasteiger partial charge in [-0.3, -0.25) is 15.3 Å². The van der Waals surface area contributed by atoms with Crippen LogP contribution in [0.15, 0.2) is 71.0 Å². The standard InChI is InChI=1S/C17H19N6O.C2H6.Y/c1-4-11-18-15(5-2)12-24-21-16(17-19-22-23-20-17)14-8-6-7-13(3)9-10-14;1-2;/h4-11,13H,2,12H2,1,3H3;1-2H3;/q-1;;/b11-4-,18-15?,21-16?;;. The zero-order valence-corrected chi connectivity index (χ0v) is 19.1. The summed E-state index contributed by atoms with van der Waals surface area (Å²) in [6.07, 6.45) is 15.1. The third kappa shape index (κ3) is 8.97. The van der Waals surface area contributed by atoms with Gasteiger partial charge in [0, 0.05) is 44.5 Å². The normalized spacial score (nSPS) is 16.7. The van der Waals surface area contributed by atoms with E-state index in [1.54, 1.807) is 12.3 Å². The average molecular weight is 442 g/mol. The molecular formula is C19H25N6OY-. The van der Waals surface area contributed by atoms with Crippen LogP contribution in [-0.4, -0.2) is 33.6 Å². The van der Waals surface area contributed by atoms with Gasteiger partial charge in [0.1, 0.15) is 5.71 Å². The summed E-state index contributed by atoms with van der Waals surface area (Å²) in [5.74, 6) is 0.637. The molecule has 1 aromatic rings. The van der Waals surface area contributed by atoms with Crippen molar-refractivity contribution in [2.24, 2.45) is 16.1 Å². The summed E-state index contributed by atoms with van der Waals surface area (Å²) in [6, 6.07) is 0. The Kier molecular flexibility index (Phi) is 14.0.